The number of aromatic nitrogens is 1. The smallest absolute Gasteiger partial charge is 0.407 e. The summed E-state index contributed by atoms with van der Waals surface area (Å²) >= 11 is 0. The zero-order valence-corrected chi connectivity index (χ0v) is 13.5. The van der Waals surface area contributed by atoms with Crippen molar-refractivity contribution in [1.82, 2.24) is 10.3 Å². The van der Waals surface area contributed by atoms with Crippen LogP contribution in [0, 0.1) is 0 Å². The first-order valence-corrected chi connectivity index (χ1v) is 7.62. The van der Waals surface area contributed by atoms with Gasteiger partial charge in [0.25, 0.3) is 0 Å². The predicted molar refractivity (Wildman–Crippen MR) is 84.9 cm³/mol. The summed E-state index contributed by atoms with van der Waals surface area (Å²) in [5.41, 5.74) is -0.296. The van der Waals surface area contributed by atoms with Crippen molar-refractivity contribution in [3.05, 3.63) is 24.5 Å². The van der Waals surface area contributed by atoms with Crippen LogP contribution < -0.4 is 10.2 Å². The number of ether oxygens (including phenoxy) is 1. The zero-order valence-electron chi connectivity index (χ0n) is 13.5. The van der Waals surface area contributed by atoms with E-state index in [2.05, 4.69) is 15.2 Å². The first-order valence-electron chi connectivity index (χ1n) is 7.62. The van der Waals surface area contributed by atoms with Gasteiger partial charge in [-0.15, -0.1) is 0 Å². The average Bonchev–Trinajstić information content (AvgIpc) is 2.45. The summed E-state index contributed by atoms with van der Waals surface area (Å²) < 4.78 is 5.19. The van der Waals surface area contributed by atoms with Gasteiger partial charge in [-0.25, -0.2) is 4.79 Å². The highest BCUT2D eigenvalue weighted by Crippen LogP contribution is 2.25. The molecule has 6 heteroatoms. The van der Waals surface area contributed by atoms with E-state index in [9.17, 15) is 9.90 Å². The maximum absolute atomic E-state index is 11.7. The molecule has 1 aliphatic heterocycles. The lowest BCUT2D eigenvalue weighted by molar-refractivity contribution is 0.00800. The number of rotatable bonds is 3. The van der Waals surface area contributed by atoms with Crippen molar-refractivity contribution in [1.29, 1.82) is 0 Å². The first-order chi connectivity index (χ1) is 10.3. The van der Waals surface area contributed by atoms with Crippen molar-refractivity contribution in [2.45, 2.75) is 44.8 Å². The van der Waals surface area contributed by atoms with Crippen LogP contribution in [0.1, 0.15) is 33.6 Å². The molecule has 6 nitrogen and oxygen atoms in total. The van der Waals surface area contributed by atoms with Crippen molar-refractivity contribution in [3.63, 3.8) is 0 Å². The molecule has 0 aliphatic carbocycles. The molecule has 2 rings (SSSR count). The van der Waals surface area contributed by atoms with Gasteiger partial charge in [-0.2, -0.15) is 0 Å². The zero-order chi connectivity index (χ0) is 16.2. The number of nitrogens with one attached hydrogen (secondary N) is 1. The number of piperidine rings is 1. The number of hydrogen-bond acceptors (Lipinski definition) is 5. The molecule has 1 amide bonds. The molecule has 0 bridgehead atoms. The Morgan fingerprint density at radius 3 is 2.50 bits per heavy atom. The number of alkyl carbamates (subject to hydrolysis) is 1. The van der Waals surface area contributed by atoms with Crippen LogP contribution in [0.2, 0.25) is 0 Å². The minimum Gasteiger partial charge on any atom is -0.444 e. The Morgan fingerprint density at radius 1 is 1.36 bits per heavy atom. The van der Waals surface area contributed by atoms with Crippen LogP contribution in [0.4, 0.5) is 10.5 Å². The SMILES string of the molecule is CC(C)(C)OC(=O)NCC1(O)CCN(c2ccncc2)CC1. The van der Waals surface area contributed by atoms with E-state index < -0.39 is 17.3 Å². The highest BCUT2D eigenvalue weighted by molar-refractivity contribution is 5.67. The van der Waals surface area contributed by atoms with E-state index in [1.807, 2.05) is 32.9 Å². The molecule has 1 aliphatic rings. The second-order valence-electron chi connectivity index (χ2n) is 6.77. The summed E-state index contributed by atoms with van der Waals surface area (Å²) in [5.74, 6) is 0. The van der Waals surface area contributed by atoms with Crippen LogP contribution in [-0.2, 0) is 4.74 Å². The molecule has 22 heavy (non-hydrogen) atoms. The summed E-state index contributed by atoms with van der Waals surface area (Å²) in [6.07, 6.45) is 4.24. The lowest BCUT2D eigenvalue weighted by Gasteiger charge is -2.39. The molecule has 0 aromatic carbocycles. The maximum atomic E-state index is 11.7. The van der Waals surface area contributed by atoms with Crippen molar-refractivity contribution in [3.8, 4) is 0 Å². The van der Waals surface area contributed by atoms with Gasteiger partial charge >= 0.3 is 6.09 Å². The van der Waals surface area contributed by atoms with E-state index in [0.29, 0.717) is 12.8 Å². The van der Waals surface area contributed by atoms with Crippen LogP contribution in [0.5, 0.6) is 0 Å². The molecule has 1 saturated heterocycles. The number of nitrogens with zero attached hydrogens (tertiary/aromatic N) is 2. The molecule has 0 spiro atoms. The monoisotopic (exact) mass is 307 g/mol. The molecule has 0 saturated carbocycles. The van der Waals surface area contributed by atoms with Gasteiger partial charge in [0, 0.05) is 37.7 Å². The summed E-state index contributed by atoms with van der Waals surface area (Å²) in [5, 5.41) is 13.2. The van der Waals surface area contributed by atoms with E-state index in [-0.39, 0.29) is 6.54 Å². The largest absolute Gasteiger partial charge is 0.444 e. The van der Waals surface area contributed by atoms with Gasteiger partial charge in [-0.3, -0.25) is 4.98 Å². The second-order valence-corrected chi connectivity index (χ2v) is 6.77. The standard InChI is InChI=1S/C16H25N3O3/c1-15(2,3)22-14(20)18-12-16(21)6-10-19(11-7-16)13-4-8-17-9-5-13/h4-5,8-9,21H,6-7,10-12H2,1-3H3,(H,18,20). The van der Waals surface area contributed by atoms with Crippen LogP contribution >= 0.6 is 0 Å². The second kappa shape index (κ2) is 6.52. The number of hydrogen-bond donors (Lipinski definition) is 2. The third-order valence-electron chi connectivity index (χ3n) is 3.68. The minimum absolute atomic E-state index is 0.214. The number of amides is 1. The number of carbonyl (C=O) groups excluding carboxylic acids is 1. The predicted octanol–water partition coefficient (Wildman–Crippen LogP) is 1.94. The van der Waals surface area contributed by atoms with Gasteiger partial charge in [0.1, 0.15) is 5.60 Å². The normalized spacial score (nSPS) is 17.9. The Labute approximate surface area is 131 Å². The highest BCUT2D eigenvalue weighted by atomic mass is 16.6. The average molecular weight is 307 g/mol. The van der Waals surface area contributed by atoms with E-state index in [4.69, 9.17) is 4.74 Å². The summed E-state index contributed by atoms with van der Waals surface area (Å²) in [4.78, 5) is 17.9. The third-order valence-corrected chi connectivity index (χ3v) is 3.68. The molecule has 1 fully saturated rings. The third kappa shape index (κ3) is 4.87. The first kappa shape index (κ1) is 16.5. The molecule has 0 atom stereocenters. The topological polar surface area (TPSA) is 74.7 Å². The summed E-state index contributed by atoms with van der Waals surface area (Å²) in [7, 11) is 0. The lowest BCUT2D eigenvalue weighted by atomic mass is 9.91. The Bertz CT molecular complexity index is 491. The lowest BCUT2D eigenvalue weighted by Crippen LogP contribution is -2.51. The molecule has 0 unspecified atom stereocenters. The molecule has 122 valence electrons. The minimum atomic E-state index is -0.875. The number of pyridine rings is 1. The number of anilines is 1. The van der Waals surface area contributed by atoms with E-state index >= 15 is 0 Å². The van der Waals surface area contributed by atoms with E-state index in [1.165, 1.54) is 0 Å². The molecule has 1 aromatic heterocycles. The molecule has 2 heterocycles. The van der Waals surface area contributed by atoms with E-state index in [0.717, 1.165) is 18.8 Å². The van der Waals surface area contributed by atoms with Gasteiger partial charge in [-0.05, 0) is 45.7 Å². The molecular formula is C16H25N3O3. The van der Waals surface area contributed by atoms with Gasteiger partial charge < -0.3 is 20.1 Å². The van der Waals surface area contributed by atoms with Crippen molar-refractivity contribution >= 4 is 11.8 Å². The Hall–Kier alpha value is -1.82. The van der Waals surface area contributed by atoms with Crippen LogP contribution in [0.25, 0.3) is 0 Å². The molecular weight excluding hydrogens is 282 g/mol. The Morgan fingerprint density at radius 2 is 1.95 bits per heavy atom. The van der Waals surface area contributed by atoms with Crippen LogP contribution in [-0.4, -0.2) is 47.0 Å². The van der Waals surface area contributed by atoms with Crippen molar-refractivity contribution < 1.29 is 14.6 Å². The number of aliphatic hydroxyl groups is 1. The van der Waals surface area contributed by atoms with Crippen LogP contribution in [0.3, 0.4) is 0 Å². The van der Waals surface area contributed by atoms with Gasteiger partial charge in [0.2, 0.25) is 0 Å². The highest BCUT2D eigenvalue weighted by Gasteiger charge is 2.33. The van der Waals surface area contributed by atoms with Crippen LogP contribution in [0.15, 0.2) is 24.5 Å². The van der Waals surface area contributed by atoms with Gasteiger partial charge in [-0.1, -0.05) is 0 Å². The summed E-state index contributed by atoms with van der Waals surface area (Å²) in [6.45, 7) is 7.15. The molecule has 2 N–H and O–H groups in total. The number of carbonyl (C=O) groups is 1. The van der Waals surface area contributed by atoms with Gasteiger partial charge in [0.05, 0.1) is 5.60 Å². The Balaban J connectivity index is 1.81. The molecule has 0 radical (unpaired) electrons. The molecule has 1 aromatic rings. The Kier molecular flexibility index (Phi) is 4.90. The van der Waals surface area contributed by atoms with E-state index in [1.54, 1.807) is 12.4 Å². The quantitative estimate of drug-likeness (QED) is 0.892. The van der Waals surface area contributed by atoms with Crippen molar-refractivity contribution in [2.24, 2.45) is 0 Å². The fraction of sp³-hybridized carbons (Fsp3) is 0.625. The fourth-order valence-corrected chi connectivity index (χ4v) is 2.46. The maximum Gasteiger partial charge on any atom is 0.407 e. The van der Waals surface area contributed by atoms with Crippen molar-refractivity contribution in [2.75, 3.05) is 24.5 Å². The fourth-order valence-electron chi connectivity index (χ4n) is 2.46. The summed E-state index contributed by atoms with van der Waals surface area (Å²) in [6, 6.07) is 3.92. The van der Waals surface area contributed by atoms with Gasteiger partial charge in [0.15, 0.2) is 0 Å².